The molecule has 0 atom stereocenters. The zero-order valence-electron chi connectivity index (χ0n) is 15.9. The Kier molecular flexibility index (Phi) is 5.85. The highest BCUT2D eigenvalue weighted by Crippen LogP contribution is 2.25. The highest BCUT2D eigenvalue weighted by Gasteiger charge is 2.14. The van der Waals surface area contributed by atoms with Crippen molar-refractivity contribution in [2.24, 2.45) is 0 Å². The molecule has 144 valence electrons. The monoisotopic (exact) mass is 386 g/mol. The number of ether oxygens (including phenoxy) is 1. The Labute approximate surface area is 168 Å². The maximum absolute atomic E-state index is 12.6. The lowest BCUT2D eigenvalue weighted by Crippen LogP contribution is -2.16. The Hall–Kier alpha value is -4.18. The summed E-state index contributed by atoms with van der Waals surface area (Å²) in [5.74, 6) is -0.318. The summed E-state index contributed by atoms with van der Waals surface area (Å²) in [5, 5.41) is 14.4. The van der Waals surface area contributed by atoms with Crippen LogP contribution in [0.15, 0.2) is 60.9 Å². The average molecular weight is 386 g/mol. The minimum Gasteiger partial charge on any atom is -0.495 e. The Morgan fingerprint density at radius 2 is 1.72 bits per heavy atom. The Morgan fingerprint density at radius 3 is 2.41 bits per heavy atom. The van der Waals surface area contributed by atoms with Gasteiger partial charge in [-0.25, -0.2) is 0 Å². The number of aromatic nitrogens is 1. The SMILES string of the molecule is COc1ccc(C)cc1NC(=O)c1cncc(C(=O)Nc2cccc(C#N)c2)c1. The molecular formula is C22H18N4O3. The predicted molar refractivity (Wildman–Crippen MR) is 109 cm³/mol. The molecule has 0 aliphatic heterocycles. The minimum absolute atomic E-state index is 0.219. The van der Waals surface area contributed by atoms with E-state index < -0.39 is 11.8 Å². The van der Waals surface area contributed by atoms with Gasteiger partial charge in [-0.05, 0) is 48.9 Å². The Bertz CT molecular complexity index is 1120. The van der Waals surface area contributed by atoms with Gasteiger partial charge < -0.3 is 15.4 Å². The quantitative estimate of drug-likeness (QED) is 0.694. The molecule has 0 aliphatic carbocycles. The van der Waals surface area contributed by atoms with Crippen LogP contribution in [0.1, 0.15) is 31.8 Å². The van der Waals surface area contributed by atoms with Crippen LogP contribution in [0, 0.1) is 18.3 Å². The van der Waals surface area contributed by atoms with Crippen molar-refractivity contribution in [1.29, 1.82) is 5.26 Å². The van der Waals surface area contributed by atoms with Crippen LogP contribution >= 0.6 is 0 Å². The number of carbonyl (C=O) groups excluding carboxylic acids is 2. The van der Waals surface area contributed by atoms with E-state index in [2.05, 4.69) is 15.6 Å². The van der Waals surface area contributed by atoms with Crippen LogP contribution in [0.3, 0.4) is 0 Å². The Morgan fingerprint density at radius 1 is 1.00 bits per heavy atom. The van der Waals surface area contributed by atoms with Gasteiger partial charge in [0.1, 0.15) is 5.75 Å². The zero-order chi connectivity index (χ0) is 20.8. The van der Waals surface area contributed by atoms with Gasteiger partial charge in [-0.1, -0.05) is 12.1 Å². The number of carbonyl (C=O) groups is 2. The molecule has 3 rings (SSSR count). The van der Waals surface area contributed by atoms with E-state index in [4.69, 9.17) is 10.00 Å². The molecule has 0 bridgehead atoms. The molecule has 29 heavy (non-hydrogen) atoms. The van der Waals surface area contributed by atoms with Crippen molar-refractivity contribution in [3.63, 3.8) is 0 Å². The molecule has 1 aromatic heterocycles. The number of rotatable bonds is 5. The third-order valence-electron chi connectivity index (χ3n) is 4.12. The number of hydrogen-bond acceptors (Lipinski definition) is 5. The van der Waals surface area contributed by atoms with Gasteiger partial charge in [0, 0.05) is 18.1 Å². The fourth-order valence-corrected chi connectivity index (χ4v) is 2.67. The summed E-state index contributed by atoms with van der Waals surface area (Å²) in [4.78, 5) is 29.1. The first-order chi connectivity index (χ1) is 14.0. The molecule has 0 radical (unpaired) electrons. The van der Waals surface area contributed by atoms with Crippen LogP contribution in [-0.4, -0.2) is 23.9 Å². The first kappa shape index (κ1) is 19.6. The third kappa shape index (κ3) is 4.76. The third-order valence-corrected chi connectivity index (χ3v) is 4.12. The number of aryl methyl sites for hydroxylation is 1. The molecule has 0 unspecified atom stereocenters. The molecular weight excluding hydrogens is 368 g/mol. The number of nitriles is 1. The summed E-state index contributed by atoms with van der Waals surface area (Å²) in [5.41, 5.74) is 2.85. The van der Waals surface area contributed by atoms with Crippen LogP contribution < -0.4 is 15.4 Å². The molecule has 7 nitrogen and oxygen atoms in total. The summed E-state index contributed by atoms with van der Waals surface area (Å²) >= 11 is 0. The molecule has 2 aromatic carbocycles. The van der Waals surface area contributed by atoms with Gasteiger partial charge in [-0.2, -0.15) is 5.26 Å². The van der Waals surface area contributed by atoms with E-state index in [1.807, 2.05) is 19.1 Å². The normalized spacial score (nSPS) is 9.97. The fraction of sp³-hybridized carbons (Fsp3) is 0.0909. The molecule has 0 spiro atoms. The summed E-state index contributed by atoms with van der Waals surface area (Å²) < 4.78 is 5.27. The van der Waals surface area contributed by atoms with E-state index in [-0.39, 0.29) is 11.1 Å². The van der Waals surface area contributed by atoms with Gasteiger partial charge in [0.2, 0.25) is 0 Å². The van der Waals surface area contributed by atoms with Gasteiger partial charge in [0.05, 0.1) is 35.6 Å². The van der Waals surface area contributed by atoms with Crippen molar-refractivity contribution in [3.8, 4) is 11.8 Å². The van der Waals surface area contributed by atoms with E-state index in [0.29, 0.717) is 22.7 Å². The topological polar surface area (TPSA) is 104 Å². The van der Waals surface area contributed by atoms with Gasteiger partial charge in [0.15, 0.2) is 0 Å². The molecule has 2 amide bonds. The summed E-state index contributed by atoms with van der Waals surface area (Å²) in [6.45, 7) is 1.91. The number of methoxy groups -OCH3 is 1. The lowest BCUT2D eigenvalue weighted by molar-refractivity contribution is 0.102. The second-order valence-corrected chi connectivity index (χ2v) is 6.27. The molecule has 1 heterocycles. The van der Waals surface area contributed by atoms with Crippen molar-refractivity contribution in [1.82, 2.24) is 4.98 Å². The van der Waals surface area contributed by atoms with Crippen molar-refractivity contribution in [2.75, 3.05) is 17.7 Å². The first-order valence-electron chi connectivity index (χ1n) is 8.72. The largest absolute Gasteiger partial charge is 0.495 e. The van der Waals surface area contributed by atoms with Gasteiger partial charge in [-0.3, -0.25) is 14.6 Å². The van der Waals surface area contributed by atoms with Crippen LogP contribution in [0.25, 0.3) is 0 Å². The van der Waals surface area contributed by atoms with E-state index in [0.717, 1.165) is 5.56 Å². The number of amides is 2. The van der Waals surface area contributed by atoms with E-state index >= 15 is 0 Å². The summed E-state index contributed by atoms with van der Waals surface area (Å²) in [7, 11) is 1.52. The number of benzene rings is 2. The molecule has 0 saturated carbocycles. The van der Waals surface area contributed by atoms with Gasteiger partial charge in [0.25, 0.3) is 11.8 Å². The lowest BCUT2D eigenvalue weighted by atomic mass is 10.1. The van der Waals surface area contributed by atoms with Crippen LogP contribution in [-0.2, 0) is 0 Å². The standard InChI is InChI=1S/C22H18N4O3/c1-14-6-7-20(29-2)19(8-14)26-22(28)17-10-16(12-24-13-17)21(27)25-18-5-3-4-15(9-18)11-23/h3-10,12-13H,1-2H3,(H,25,27)(H,26,28). The molecule has 2 N–H and O–H groups in total. The average Bonchev–Trinajstić information content (AvgIpc) is 2.74. The highest BCUT2D eigenvalue weighted by molar-refractivity contribution is 6.08. The minimum atomic E-state index is -0.435. The number of anilines is 2. The van der Waals surface area contributed by atoms with E-state index in [1.165, 1.54) is 25.6 Å². The van der Waals surface area contributed by atoms with Crippen molar-refractivity contribution >= 4 is 23.2 Å². The predicted octanol–water partition coefficient (Wildman–Crippen LogP) is 3.77. The number of nitrogens with zero attached hydrogens (tertiary/aromatic N) is 2. The molecule has 7 heteroatoms. The summed E-state index contributed by atoms with van der Waals surface area (Å²) in [6.07, 6.45) is 2.75. The molecule has 0 saturated heterocycles. The second-order valence-electron chi connectivity index (χ2n) is 6.27. The maximum Gasteiger partial charge on any atom is 0.257 e. The lowest BCUT2D eigenvalue weighted by Gasteiger charge is -2.11. The number of nitrogens with one attached hydrogen (secondary N) is 2. The van der Waals surface area contributed by atoms with Gasteiger partial charge in [-0.15, -0.1) is 0 Å². The molecule has 0 aliphatic rings. The maximum atomic E-state index is 12.6. The zero-order valence-corrected chi connectivity index (χ0v) is 15.9. The van der Waals surface area contributed by atoms with Gasteiger partial charge >= 0.3 is 0 Å². The van der Waals surface area contributed by atoms with Crippen LogP contribution in [0.4, 0.5) is 11.4 Å². The Balaban J connectivity index is 1.78. The molecule has 0 fully saturated rings. The van der Waals surface area contributed by atoms with Crippen molar-refractivity contribution < 1.29 is 14.3 Å². The smallest absolute Gasteiger partial charge is 0.257 e. The molecule has 3 aromatic rings. The second kappa shape index (κ2) is 8.67. The fourth-order valence-electron chi connectivity index (χ4n) is 2.67. The highest BCUT2D eigenvalue weighted by atomic mass is 16.5. The van der Waals surface area contributed by atoms with E-state index in [1.54, 1.807) is 36.4 Å². The number of pyridine rings is 1. The van der Waals surface area contributed by atoms with Crippen molar-refractivity contribution in [2.45, 2.75) is 6.92 Å². The number of hydrogen-bond donors (Lipinski definition) is 2. The van der Waals surface area contributed by atoms with Crippen LogP contribution in [0.5, 0.6) is 5.75 Å². The van der Waals surface area contributed by atoms with Crippen LogP contribution in [0.2, 0.25) is 0 Å². The van der Waals surface area contributed by atoms with Crippen molar-refractivity contribution in [3.05, 3.63) is 83.2 Å². The summed E-state index contributed by atoms with van der Waals surface area (Å²) in [6, 6.07) is 15.5. The first-order valence-corrected chi connectivity index (χ1v) is 8.72. The van der Waals surface area contributed by atoms with E-state index in [9.17, 15) is 9.59 Å².